The SMILES string of the molecule is CN(CCCNC(=O)CSc1ccccc1)c1ccccc1. The number of thioether (sulfide) groups is 1. The average Bonchev–Trinajstić information content (AvgIpc) is 2.58. The van der Waals surface area contributed by atoms with E-state index in [2.05, 4.69) is 29.4 Å². The van der Waals surface area contributed by atoms with Crippen molar-refractivity contribution in [3.63, 3.8) is 0 Å². The van der Waals surface area contributed by atoms with E-state index in [9.17, 15) is 4.79 Å². The van der Waals surface area contributed by atoms with Gasteiger partial charge >= 0.3 is 0 Å². The Hall–Kier alpha value is -1.94. The average molecular weight is 314 g/mol. The van der Waals surface area contributed by atoms with Crippen molar-refractivity contribution in [1.29, 1.82) is 0 Å². The highest BCUT2D eigenvalue weighted by molar-refractivity contribution is 8.00. The lowest BCUT2D eigenvalue weighted by atomic mass is 10.3. The lowest BCUT2D eigenvalue weighted by Gasteiger charge is -2.19. The van der Waals surface area contributed by atoms with Crippen molar-refractivity contribution >= 4 is 23.4 Å². The highest BCUT2D eigenvalue weighted by atomic mass is 32.2. The summed E-state index contributed by atoms with van der Waals surface area (Å²) >= 11 is 1.57. The van der Waals surface area contributed by atoms with Gasteiger partial charge in [0.25, 0.3) is 0 Å². The van der Waals surface area contributed by atoms with E-state index in [1.165, 1.54) is 5.69 Å². The molecule has 0 saturated carbocycles. The normalized spacial score (nSPS) is 10.2. The Labute approximate surface area is 136 Å². The van der Waals surface area contributed by atoms with Crippen LogP contribution in [-0.2, 0) is 4.79 Å². The van der Waals surface area contributed by atoms with Crippen LogP contribution < -0.4 is 10.2 Å². The van der Waals surface area contributed by atoms with E-state index in [-0.39, 0.29) is 5.91 Å². The number of para-hydroxylation sites is 1. The summed E-state index contributed by atoms with van der Waals surface area (Å²) in [4.78, 5) is 15.1. The number of rotatable bonds is 8. The largest absolute Gasteiger partial charge is 0.375 e. The molecule has 0 radical (unpaired) electrons. The second kappa shape index (κ2) is 9.15. The summed E-state index contributed by atoms with van der Waals surface area (Å²) in [7, 11) is 2.07. The molecule has 0 aliphatic rings. The summed E-state index contributed by atoms with van der Waals surface area (Å²) in [5.41, 5.74) is 1.20. The standard InChI is InChI=1S/C18H22N2OS/c1-20(16-9-4-2-5-10-16)14-8-13-19-18(21)15-22-17-11-6-3-7-12-17/h2-7,9-12H,8,13-15H2,1H3,(H,19,21). The first kappa shape index (κ1) is 16.4. The van der Waals surface area contributed by atoms with E-state index >= 15 is 0 Å². The smallest absolute Gasteiger partial charge is 0.230 e. The third kappa shape index (κ3) is 5.82. The number of benzene rings is 2. The molecule has 0 spiro atoms. The van der Waals surface area contributed by atoms with Gasteiger partial charge in [-0.1, -0.05) is 36.4 Å². The van der Waals surface area contributed by atoms with Gasteiger partial charge in [-0.2, -0.15) is 0 Å². The van der Waals surface area contributed by atoms with Gasteiger partial charge in [-0.3, -0.25) is 4.79 Å². The molecule has 3 nitrogen and oxygen atoms in total. The van der Waals surface area contributed by atoms with Crippen LogP contribution >= 0.6 is 11.8 Å². The molecule has 0 unspecified atom stereocenters. The van der Waals surface area contributed by atoms with E-state index in [1.54, 1.807) is 11.8 Å². The van der Waals surface area contributed by atoms with Crippen molar-refractivity contribution in [2.24, 2.45) is 0 Å². The summed E-state index contributed by atoms with van der Waals surface area (Å²) in [5, 5.41) is 2.97. The number of nitrogens with zero attached hydrogens (tertiary/aromatic N) is 1. The van der Waals surface area contributed by atoms with Gasteiger partial charge in [0.05, 0.1) is 5.75 Å². The van der Waals surface area contributed by atoms with Crippen LogP contribution in [0.1, 0.15) is 6.42 Å². The summed E-state index contributed by atoms with van der Waals surface area (Å²) in [5.74, 6) is 0.564. The van der Waals surface area contributed by atoms with Crippen molar-refractivity contribution in [2.75, 3.05) is 30.8 Å². The van der Waals surface area contributed by atoms with Crippen molar-refractivity contribution in [1.82, 2.24) is 5.32 Å². The molecular formula is C18H22N2OS. The molecule has 2 rings (SSSR count). The first-order valence-corrected chi connectivity index (χ1v) is 8.45. The van der Waals surface area contributed by atoms with Gasteiger partial charge in [-0.15, -0.1) is 11.8 Å². The van der Waals surface area contributed by atoms with Crippen LogP contribution in [0.25, 0.3) is 0 Å². The Morgan fingerprint density at radius 3 is 2.36 bits per heavy atom. The van der Waals surface area contributed by atoms with Crippen LogP contribution in [0.4, 0.5) is 5.69 Å². The zero-order valence-electron chi connectivity index (χ0n) is 12.9. The van der Waals surface area contributed by atoms with Crippen molar-refractivity contribution in [3.8, 4) is 0 Å². The maximum absolute atomic E-state index is 11.8. The molecule has 4 heteroatoms. The van der Waals surface area contributed by atoms with Crippen LogP contribution in [-0.4, -0.2) is 31.8 Å². The van der Waals surface area contributed by atoms with Crippen LogP contribution in [0.3, 0.4) is 0 Å². The van der Waals surface area contributed by atoms with E-state index in [0.29, 0.717) is 12.3 Å². The number of anilines is 1. The Morgan fingerprint density at radius 1 is 1.05 bits per heavy atom. The highest BCUT2D eigenvalue weighted by Gasteiger charge is 2.03. The van der Waals surface area contributed by atoms with E-state index in [1.807, 2.05) is 48.5 Å². The number of amides is 1. The van der Waals surface area contributed by atoms with Gasteiger partial charge in [0.2, 0.25) is 5.91 Å². The Morgan fingerprint density at radius 2 is 1.68 bits per heavy atom. The molecule has 0 saturated heterocycles. The quantitative estimate of drug-likeness (QED) is 0.598. The van der Waals surface area contributed by atoms with Crippen LogP contribution in [0.15, 0.2) is 65.6 Å². The van der Waals surface area contributed by atoms with E-state index in [4.69, 9.17) is 0 Å². The number of hydrogen-bond acceptors (Lipinski definition) is 3. The Bertz CT molecular complexity index is 560. The summed E-state index contributed by atoms with van der Waals surface area (Å²) in [6.45, 7) is 1.64. The molecule has 0 heterocycles. The molecule has 0 aromatic heterocycles. The first-order valence-electron chi connectivity index (χ1n) is 7.46. The zero-order valence-corrected chi connectivity index (χ0v) is 13.7. The van der Waals surface area contributed by atoms with Gasteiger partial charge in [-0.05, 0) is 30.7 Å². The van der Waals surface area contributed by atoms with Gasteiger partial charge in [0, 0.05) is 30.7 Å². The molecule has 0 atom stereocenters. The summed E-state index contributed by atoms with van der Waals surface area (Å²) in [6, 6.07) is 20.3. The predicted octanol–water partition coefficient (Wildman–Crippen LogP) is 3.42. The number of nitrogens with one attached hydrogen (secondary N) is 1. The first-order chi connectivity index (χ1) is 10.8. The lowest BCUT2D eigenvalue weighted by Crippen LogP contribution is -2.29. The molecule has 1 amide bonds. The molecule has 2 aromatic carbocycles. The predicted molar refractivity (Wildman–Crippen MR) is 94.5 cm³/mol. The zero-order chi connectivity index (χ0) is 15.6. The van der Waals surface area contributed by atoms with Crippen molar-refractivity contribution in [2.45, 2.75) is 11.3 Å². The molecular weight excluding hydrogens is 292 g/mol. The van der Waals surface area contributed by atoms with Gasteiger partial charge in [-0.25, -0.2) is 0 Å². The minimum Gasteiger partial charge on any atom is -0.375 e. The second-order valence-electron chi connectivity index (χ2n) is 5.06. The van der Waals surface area contributed by atoms with Crippen molar-refractivity contribution in [3.05, 3.63) is 60.7 Å². The molecule has 22 heavy (non-hydrogen) atoms. The van der Waals surface area contributed by atoms with Gasteiger partial charge < -0.3 is 10.2 Å². The molecule has 1 N–H and O–H groups in total. The van der Waals surface area contributed by atoms with E-state index in [0.717, 1.165) is 17.9 Å². The van der Waals surface area contributed by atoms with Crippen LogP contribution in [0.5, 0.6) is 0 Å². The molecule has 116 valence electrons. The maximum Gasteiger partial charge on any atom is 0.230 e. The van der Waals surface area contributed by atoms with Crippen LogP contribution in [0.2, 0.25) is 0 Å². The van der Waals surface area contributed by atoms with Crippen LogP contribution in [0, 0.1) is 0 Å². The molecule has 0 aliphatic carbocycles. The molecule has 0 fully saturated rings. The number of carbonyl (C=O) groups is 1. The second-order valence-corrected chi connectivity index (χ2v) is 6.11. The number of carbonyl (C=O) groups excluding carboxylic acids is 1. The minimum absolute atomic E-state index is 0.0937. The topological polar surface area (TPSA) is 32.3 Å². The fourth-order valence-electron chi connectivity index (χ4n) is 2.07. The maximum atomic E-state index is 11.8. The number of hydrogen-bond donors (Lipinski definition) is 1. The Balaban J connectivity index is 1.59. The molecule has 0 bridgehead atoms. The highest BCUT2D eigenvalue weighted by Crippen LogP contribution is 2.16. The summed E-state index contributed by atoms with van der Waals surface area (Å²) < 4.78 is 0. The lowest BCUT2D eigenvalue weighted by molar-refractivity contribution is -0.118. The fourth-order valence-corrected chi connectivity index (χ4v) is 2.82. The van der Waals surface area contributed by atoms with Gasteiger partial charge in [0.1, 0.15) is 0 Å². The third-order valence-electron chi connectivity index (χ3n) is 3.30. The van der Waals surface area contributed by atoms with Crippen molar-refractivity contribution < 1.29 is 4.79 Å². The third-order valence-corrected chi connectivity index (χ3v) is 4.31. The van der Waals surface area contributed by atoms with E-state index < -0.39 is 0 Å². The minimum atomic E-state index is 0.0937. The summed E-state index contributed by atoms with van der Waals surface area (Å²) in [6.07, 6.45) is 0.938. The molecule has 2 aromatic rings. The van der Waals surface area contributed by atoms with Gasteiger partial charge in [0.15, 0.2) is 0 Å². The molecule has 0 aliphatic heterocycles. The monoisotopic (exact) mass is 314 g/mol. The Kier molecular flexibility index (Phi) is 6.84. The fraction of sp³-hybridized carbons (Fsp3) is 0.278.